The quantitative estimate of drug-likeness (QED) is 0.124. The van der Waals surface area contributed by atoms with Gasteiger partial charge in [0.15, 0.2) is 0 Å². The van der Waals surface area contributed by atoms with E-state index in [-0.39, 0.29) is 21.2 Å². The van der Waals surface area contributed by atoms with Crippen molar-refractivity contribution in [3.05, 3.63) is 109 Å². The van der Waals surface area contributed by atoms with Crippen LogP contribution in [-0.2, 0) is 26.0 Å². The molecule has 0 aliphatic carbocycles. The van der Waals surface area contributed by atoms with Crippen LogP contribution in [0, 0.1) is 5.41 Å². The molecule has 0 heterocycles. The third-order valence-corrected chi connectivity index (χ3v) is 8.47. The Bertz CT molecular complexity index is 1670. The Morgan fingerprint density at radius 2 is 1.40 bits per heavy atom. The highest BCUT2D eigenvalue weighted by molar-refractivity contribution is 7.91. The lowest BCUT2D eigenvalue weighted by molar-refractivity contribution is -0.144. The predicted octanol–water partition coefficient (Wildman–Crippen LogP) is 6.25. The van der Waals surface area contributed by atoms with Gasteiger partial charge in [0.1, 0.15) is 18.1 Å². The molecule has 0 aromatic heterocycles. The molecule has 0 radical (unpaired) electrons. The largest absolute Gasteiger partial charge is 0.489 e. The minimum absolute atomic E-state index is 0.00627. The van der Waals surface area contributed by atoms with E-state index in [1.54, 1.807) is 63.2 Å². The summed E-state index contributed by atoms with van der Waals surface area (Å²) in [6.07, 6.45) is 0. The molecule has 0 spiro atoms. The minimum atomic E-state index is -4.03. The van der Waals surface area contributed by atoms with Crippen molar-refractivity contribution in [1.29, 1.82) is 0 Å². The van der Waals surface area contributed by atoms with Gasteiger partial charge in [0.05, 0.1) is 15.5 Å². The molecule has 218 valence electrons. The van der Waals surface area contributed by atoms with E-state index in [4.69, 9.17) is 26.8 Å². The second kappa shape index (κ2) is 12.3. The molecule has 4 aromatic rings. The van der Waals surface area contributed by atoms with Gasteiger partial charge in [-0.2, -0.15) is 0 Å². The maximum absolute atomic E-state index is 13.4. The molecule has 3 N–H and O–H groups in total. The van der Waals surface area contributed by atoms with Gasteiger partial charge in [0.25, 0.3) is 5.91 Å². The van der Waals surface area contributed by atoms with Crippen LogP contribution >= 0.6 is 11.6 Å². The summed E-state index contributed by atoms with van der Waals surface area (Å²) in [4.78, 5) is 26.4. The molecule has 0 saturated carbocycles. The molecule has 0 aliphatic rings. The van der Waals surface area contributed by atoms with Gasteiger partial charge < -0.3 is 20.5 Å². The van der Waals surface area contributed by atoms with Crippen molar-refractivity contribution in [2.45, 2.75) is 42.2 Å². The first kappa shape index (κ1) is 30.6. The molecule has 1 unspecified atom stereocenters. The van der Waals surface area contributed by atoms with Gasteiger partial charge in [0, 0.05) is 17.2 Å². The monoisotopic (exact) mass is 606 g/mol. The fourth-order valence-corrected chi connectivity index (χ4v) is 5.78. The molecule has 42 heavy (non-hydrogen) atoms. The Morgan fingerprint density at radius 1 is 0.833 bits per heavy atom. The van der Waals surface area contributed by atoms with Crippen LogP contribution in [0.25, 0.3) is 0 Å². The number of halogens is 1. The molecule has 0 aliphatic heterocycles. The number of carbonyl (C=O) groups is 2. The number of anilines is 2. The highest BCUT2D eigenvalue weighted by Gasteiger charge is 2.51. The molecule has 1 amide bonds. The van der Waals surface area contributed by atoms with E-state index in [1.807, 2.05) is 30.3 Å². The van der Waals surface area contributed by atoms with E-state index in [0.29, 0.717) is 18.0 Å². The highest BCUT2D eigenvalue weighted by atomic mass is 35.5. The van der Waals surface area contributed by atoms with Crippen molar-refractivity contribution in [1.82, 2.24) is 0 Å². The summed E-state index contributed by atoms with van der Waals surface area (Å²) in [5.41, 5.74) is 6.34. The molecule has 8 nitrogen and oxygen atoms in total. The lowest BCUT2D eigenvalue weighted by Crippen LogP contribution is -2.54. The van der Waals surface area contributed by atoms with Crippen LogP contribution in [-0.4, -0.2) is 25.2 Å². The van der Waals surface area contributed by atoms with E-state index in [9.17, 15) is 18.0 Å². The number of hydrogen-bond donors (Lipinski definition) is 2. The number of sulfone groups is 1. The average Bonchev–Trinajstić information content (AvgIpc) is 2.96. The number of rotatable bonds is 10. The Balaban J connectivity index is 1.56. The second-order valence-electron chi connectivity index (χ2n) is 10.5. The van der Waals surface area contributed by atoms with E-state index >= 15 is 0 Å². The number of nitrogens with two attached hydrogens (primary N) is 1. The molecule has 0 fully saturated rings. The fraction of sp³-hybridized carbons (Fsp3) is 0.188. The van der Waals surface area contributed by atoms with Crippen LogP contribution in [0.2, 0.25) is 0 Å². The van der Waals surface area contributed by atoms with Crippen molar-refractivity contribution in [3.63, 3.8) is 0 Å². The summed E-state index contributed by atoms with van der Waals surface area (Å²) in [5.74, 6) is -1.16. The highest BCUT2D eigenvalue weighted by Crippen LogP contribution is 2.35. The SMILES string of the molecule is CC(C)(C)C(=O)C(Cl)(Oc1ccc(S(=O)(=O)c2ccc(OCc3ccccc3)cc2)c(N)c1)C(=O)Nc1ccccc1. The fourth-order valence-electron chi connectivity index (χ4n) is 3.99. The Labute approximate surface area is 250 Å². The molecule has 0 bridgehead atoms. The minimum Gasteiger partial charge on any atom is -0.489 e. The van der Waals surface area contributed by atoms with Crippen LogP contribution < -0.4 is 20.5 Å². The molecular formula is C32H31ClN2O6S. The van der Waals surface area contributed by atoms with Gasteiger partial charge in [-0.05, 0) is 54.1 Å². The summed E-state index contributed by atoms with van der Waals surface area (Å²) in [5, 5.41) is 0.134. The van der Waals surface area contributed by atoms with Gasteiger partial charge in [0.2, 0.25) is 15.6 Å². The number of ketones is 1. The summed E-state index contributed by atoms with van der Waals surface area (Å²) in [6, 6.07) is 27.8. The van der Waals surface area contributed by atoms with Crippen LogP contribution in [0.4, 0.5) is 11.4 Å². The Morgan fingerprint density at radius 3 is 1.98 bits per heavy atom. The van der Waals surface area contributed by atoms with Crippen molar-refractivity contribution in [3.8, 4) is 11.5 Å². The van der Waals surface area contributed by atoms with Crippen molar-refractivity contribution in [2.24, 2.45) is 5.41 Å². The van der Waals surface area contributed by atoms with Crippen molar-refractivity contribution >= 4 is 44.5 Å². The van der Waals surface area contributed by atoms with Crippen molar-refractivity contribution < 1.29 is 27.5 Å². The molecule has 0 saturated heterocycles. The van der Waals surface area contributed by atoms with Gasteiger partial charge in [-0.1, -0.05) is 80.9 Å². The zero-order valence-corrected chi connectivity index (χ0v) is 24.9. The zero-order chi connectivity index (χ0) is 30.5. The molecule has 10 heteroatoms. The molecular weight excluding hydrogens is 576 g/mol. The smallest absolute Gasteiger partial charge is 0.320 e. The summed E-state index contributed by atoms with van der Waals surface area (Å²) >= 11 is 6.61. The first-order chi connectivity index (χ1) is 19.8. The van der Waals surface area contributed by atoms with Crippen LogP contribution in [0.5, 0.6) is 11.5 Å². The number of carbonyl (C=O) groups excluding carboxylic acids is 2. The second-order valence-corrected chi connectivity index (χ2v) is 13.0. The number of para-hydroxylation sites is 1. The lowest BCUT2D eigenvalue weighted by atomic mass is 9.86. The Kier molecular flexibility index (Phi) is 8.94. The average molecular weight is 607 g/mol. The molecule has 4 aromatic carbocycles. The third kappa shape index (κ3) is 6.92. The van der Waals surface area contributed by atoms with Gasteiger partial charge in [-0.25, -0.2) is 8.42 Å². The topological polar surface area (TPSA) is 125 Å². The number of amides is 1. The van der Waals surface area contributed by atoms with E-state index in [2.05, 4.69) is 5.32 Å². The maximum Gasteiger partial charge on any atom is 0.320 e. The van der Waals surface area contributed by atoms with Gasteiger partial charge in [-0.3, -0.25) is 9.59 Å². The summed E-state index contributed by atoms with van der Waals surface area (Å²) < 4.78 is 38.3. The first-order valence-electron chi connectivity index (χ1n) is 13.0. The number of nitrogen functional groups attached to an aromatic ring is 1. The first-order valence-corrected chi connectivity index (χ1v) is 14.9. The Hall–Kier alpha value is -4.34. The van der Waals surface area contributed by atoms with Crippen LogP contribution in [0.3, 0.4) is 0 Å². The predicted molar refractivity (Wildman–Crippen MR) is 162 cm³/mol. The number of ether oxygens (including phenoxy) is 2. The summed E-state index contributed by atoms with van der Waals surface area (Å²) in [6.45, 7) is 5.15. The summed E-state index contributed by atoms with van der Waals surface area (Å²) in [7, 11) is -4.03. The van der Waals surface area contributed by atoms with Gasteiger partial charge in [-0.15, -0.1) is 0 Å². The molecule has 1 atom stereocenters. The van der Waals surface area contributed by atoms with E-state index < -0.39 is 32.0 Å². The van der Waals surface area contributed by atoms with Gasteiger partial charge >= 0.3 is 5.06 Å². The number of benzene rings is 4. The lowest BCUT2D eigenvalue weighted by Gasteiger charge is -2.31. The van der Waals surface area contributed by atoms with Crippen molar-refractivity contribution in [2.75, 3.05) is 11.1 Å². The maximum atomic E-state index is 13.4. The number of alkyl halides is 1. The normalized spacial score (nSPS) is 13.0. The standard InChI is InChI=1S/C32H31ClN2O6S/c1-31(2,3)29(36)32(33,30(37)35-23-12-8-5-9-13-23)41-25-16-19-28(27(34)20-25)42(38,39)26-17-14-24(15-18-26)40-21-22-10-6-4-7-11-22/h4-20H,21,34H2,1-3H3,(H,35,37). The van der Waals surface area contributed by atoms with E-state index in [0.717, 1.165) is 5.56 Å². The number of Topliss-reactive ketones (excluding diaryl/α,β-unsaturated/α-hetero) is 1. The third-order valence-electron chi connectivity index (χ3n) is 6.21. The zero-order valence-electron chi connectivity index (χ0n) is 23.3. The van der Waals surface area contributed by atoms with Crippen LogP contribution in [0.15, 0.2) is 113 Å². The number of nitrogens with one attached hydrogen (secondary N) is 1. The number of hydrogen-bond acceptors (Lipinski definition) is 7. The van der Waals surface area contributed by atoms with Crippen LogP contribution in [0.1, 0.15) is 26.3 Å². The molecule has 4 rings (SSSR count). The van der Waals surface area contributed by atoms with E-state index in [1.165, 1.54) is 30.3 Å².